The van der Waals surface area contributed by atoms with Crippen LogP contribution in [-0.2, 0) is 14.3 Å². The first kappa shape index (κ1) is 15.2. The molecule has 1 rings (SSSR count). The van der Waals surface area contributed by atoms with E-state index in [2.05, 4.69) is 10.6 Å². The van der Waals surface area contributed by atoms with E-state index in [4.69, 9.17) is 14.9 Å². The number of hydrogen-bond donors (Lipinski definition) is 4. The number of amides is 2. The largest absolute Gasteiger partial charge is 0.481 e. The van der Waals surface area contributed by atoms with Gasteiger partial charge >= 0.3 is 18.0 Å². The van der Waals surface area contributed by atoms with Gasteiger partial charge in [0, 0.05) is 13.2 Å². The summed E-state index contributed by atoms with van der Waals surface area (Å²) in [5.41, 5.74) is 0. The van der Waals surface area contributed by atoms with Crippen molar-refractivity contribution in [3.05, 3.63) is 0 Å². The number of hydrogen-bond acceptors (Lipinski definition) is 4. The first-order valence-electron chi connectivity index (χ1n) is 6.05. The average molecular weight is 274 g/mol. The minimum absolute atomic E-state index is 0.210. The Hall–Kier alpha value is -1.83. The molecule has 2 atom stereocenters. The molecule has 8 nitrogen and oxygen atoms in total. The maximum Gasteiger partial charge on any atom is 0.326 e. The Morgan fingerprint density at radius 1 is 1.32 bits per heavy atom. The summed E-state index contributed by atoms with van der Waals surface area (Å²) in [5.74, 6) is -2.45. The van der Waals surface area contributed by atoms with Gasteiger partial charge in [0.2, 0.25) is 0 Å². The summed E-state index contributed by atoms with van der Waals surface area (Å²) in [7, 11) is 0. The third-order valence-electron chi connectivity index (χ3n) is 2.79. The fourth-order valence-electron chi connectivity index (χ4n) is 1.79. The summed E-state index contributed by atoms with van der Waals surface area (Å²) < 4.78 is 5.24. The highest BCUT2D eigenvalue weighted by molar-refractivity contribution is 5.86. The van der Waals surface area contributed by atoms with E-state index in [1.165, 1.54) is 0 Å². The SMILES string of the molecule is O=C(O)CC(NC(=O)NCC1CCCOC1)C(=O)O. The molecule has 1 saturated heterocycles. The van der Waals surface area contributed by atoms with E-state index < -0.39 is 30.4 Å². The second kappa shape index (κ2) is 7.57. The molecule has 0 radical (unpaired) electrons. The highest BCUT2D eigenvalue weighted by atomic mass is 16.5. The van der Waals surface area contributed by atoms with E-state index in [9.17, 15) is 14.4 Å². The maximum absolute atomic E-state index is 11.5. The van der Waals surface area contributed by atoms with Gasteiger partial charge < -0.3 is 25.6 Å². The Morgan fingerprint density at radius 3 is 2.58 bits per heavy atom. The molecule has 0 bridgehead atoms. The molecule has 0 spiro atoms. The molecule has 19 heavy (non-hydrogen) atoms. The molecule has 0 aromatic carbocycles. The molecule has 1 aliphatic rings. The molecule has 108 valence electrons. The number of rotatable bonds is 6. The fourth-order valence-corrected chi connectivity index (χ4v) is 1.79. The predicted molar refractivity (Wildman–Crippen MR) is 63.8 cm³/mol. The van der Waals surface area contributed by atoms with Crippen molar-refractivity contribution in [3.63, 3.8) is 0 Å². The summed E-state index contributed by atoms with van der Waals surface area (Å²) in [6.07, 6.45) is 1.22. The molecule has 1 fully saturated rings. The third-order valence-corrected chi connectivity index (χ3v) is 2.79. The predicted octanol–water partition coefficient (Wildman–Crippen LogP) is -0.360. The van der Waals surface area contributed by atoms with Crippen LogP contribution in [-0.4, -0.2) is 54.0 Å². The number of carboxylic acids is 2. The minimum atomic E-state index is -1.43. The summed E-state index contributed by atoms with van der Waals surface area (Å²) in [4.78, 5) is 32.7. The fraction of sp³-hybridized carbons (Fsp3) is 0.727. The van der Waals surface area contributed by atoms with Crippen molar-refractivity contribution in [1.29, 1.82) is 0 Å². The Labute approximate surface area is 110 Å². The van der Waals surface area contributed by atoms with Gasteiger partial charge in [0.15, 0.2) is 0 Å². The minimum Gasteiger partial charge on any atom is -0.481 e. The molecule has 1 aliphatic heterocycles. The molecule has 1 heterocycles. The summed E-state index contributed by atoms with van der Waals surface area (Å²) in [6, 6.07) is -2.11. The first-order chi connectivity index (χ1) is 8.99. The van der Waals surface area contributed by atoms with Gasteiger partial charge in [0.25, 0.3) is 0 Å². The van der Waals surface area contributed by atoms with Crippen molar-refractivity contribution in [1.82, 2.24) is 10.6 Å². The van der Waals surface area contributed by atoms with Gasteiger partial charge in [-0.1, -0.05) is 0 Å². The number of aliphatic carboxylic acids is 2. The molecular formula is C11H18N2O6. The average Bonchev–Trinajstić information content (AvgIpc) is 2.36. The van der Waals surface area contributed by atoms with Crippen molar-refractivity contribution in [2.45, 2.75) is 25.3 Å². The summed E-state index contributed by atoms with van der Waals surface area (Å²) in [6.45, 7) is 1.67. The van der Waals surface area contributed by atoms with Crippen LogP contribution in [0.2, 0.25) is 0 Å². The van der Waals surface area contributed by atoms with Crippen LogP contribution in [0.15, 0.2) is 0 Å². The number of carbonyl (C=O) groups is 3. The number of ether oxygens (including phenoxy) is 1. The van der Waals surface area contributed by atoms with Crippen molar-refractivity contribution < 1.29 is 29.3 Å². The molecular weight excluding hydrogens is 256 g/mol. The van der Waals surface area contributed by atoms with E-state index in [0.29, 0.717) is 13.2 Å². The van der Waals surface area contributed by atoms with Crippen LogP contribution in [0.25, 0.3) is 0 Å². The zero-order valence-corrected chi connectivity index (χ0v) is 10.4. The first-order valence-corrected chi connectivity index (χ1v) is 6.05. The highest BCUT2D eigenvalue weighted by Crippen LogP contribution is 2.11. The quantitative estimate of drug-likeness (QED) is 0.524. The standard InChI is InChI=1S/C11H18N2O6/c14-9(15)4-8(10(16)17)13-11(18)12-5-7-2-1-3-19-6-7/h7-8H,1-6H2,(H,14,15)(H,16,17)(H2,12,13,18). The Morgan fingerprint density at radius 2 is 2.05 bits per heavy atom. The van der Waals surface area contributed by atoms with Crippen LogP contribution < -0.4 is 10.6 Å². The van der Waals surface area contributed by atoms with E-state index in [0.717, 1.165) is 19.4 Å². The van der Waals surface area contributed by atoms with Crippen molar-refractivity contribution in [2.75, 3.05) is 19.8 Å². The van der Waals surface area contributed by atoms with Gasteiger partial charge in [-0.3, -0.25) is 4.79 Å². The topological polar surface area (TPSA) is 125 Å². The van der Waals surface area contributed by atoms with Gasteiger partial charge in [-0.25, -0.2) is 9.59 Å². The molecule has 0 saturated carbocycles. The van der Waals surface area contributed by atoms with Gasteiger partial charge in [-0.2, -0.15) is 0 Å². The highest BCUT2D eigenvalue weighted by Gasteiger charge is 2.23. The third kappa shape index (κ3) is 6.05. The van der Waals surface area contributed by atoms with Crippen LogP contribution in [0.1, 0.15) is 19.3 Å². The number of nitrogens with one attached hydrogen (secondary N) is 2. The Balaban J connectivity index is 2.31. The molecule has 2 unspecified atom stereocenters. The lowest BCUT2D eigenvalue weighted by Crippen LogP contribution is -2.48. The number of carboxylic acid groups (broad SMARTS) is 2. The van der Waals surface area contributed by atoms with Crippen LogP contribution in [0, 0.1) is 5.92 Å². The van der Waals surface area contributed by atoms with Crippen LogP contribution >= 0.6 is 0 Å². The second-order valence-corrected chi connectivity index (χ2v) is 4.43. The smallest absolute Gasteiger partial charge is 0.326 e. The summed E-state index contributed by atoms with van der Waals surface area (Å²) in [5, 5.41) is 21.9. The van der Waals surface area contributed by atoms with Crippen LogP contribution in [0.4, 0.5) is 4.79 Å². The zero-order chi connectivity index (χ0) is 14.3. The van der Waals surface area contributed by atoms with Crippen LogP contribution in [0.5, 0.6) is 0 Å². The second-order valence-electron chi connectivity index (χ2n) is 4.43. The lowest BCUT2D eigenvalue weighted by Gasteiger charge is -2.22. The normalized spacial score (nSPS) is 20.3. The molecule has 0 aromatic heterocycles. The van der Waals surface area contributed by atoms with Crippen LogP contribution in [0.3, 0.4) is 0 Å². The van der Waals surface area contributed by atoms with E-state index >= 15 is 0 Å². The van der Waals surface area contributed by atoms with Gasteiger partial charge in [0.1, 0.15) is 6.04 Å². The molecule has 0 aliphatic carbocycles. The molecule has 0 aromatic rings. The molecule has 8 heteroatoms. The van der Waals surface area contributed by atoms with E-state index in [-0.39, 0.29) is 5.92 Å². The number of urea groups is 1. The monoisotopic (exact) mass is 274 g/mol. The molecule has 2 amide bonds. The zero-order valence-electron chi connectivity index (χ0n) is 10.4. The van der Waals surface area contributed by atoms with Crippen molar-refractivity contribution >= 4 is 18.0 Å². The van der Waals surface area contributed by atoms with Gasteiger partial charge in [-0.05, 0) is 18.8 Å². The maximum atomic E-state index is 11.5. The number of carbonyl (C=O) groups excluding carboxylic acids is 1. The Bertz CT molecular complexity index is 340. The van der Waals surface area contributed by atoms with E-state index in [1.54, 1.807) is 0 Å². The lowest BCUT2D eigenvalue weighted by atomic mass is 10.0. The summed E-state index contributed by atoms with van der Waals surface area (Å²) >= 11 is 0. The van der Waals surface area contributed by atoms with Crippen molar-refractivity contribution in [2.24, 2.45) is 5.92 Å². The molecule has 4 N–H and O–H groups in total. The van der Waals surface area contributed by atoms with E-state index in [1.807, 2.05) is 0 Å². The lowest BCUT2D eigenvalue weighted by molar-refractivity contribution is -0.145. The van der Waals surface area contributed by atoms with Gasteiger partial charge in [0.05, 0.1) is 13.0 Å². The van der Waals surface area contributed by atoms with Crippen molar-refractivity contribution in [3.8, 4) is 0 Å². The Kier molecular flexibility index (Phi) is 6.07. The van der Waals surface area contributed by atoms with Gasteiger partial charge in [-0.15, -0.1) is 0 Å².